The summed E-state index contributed by atoms with van der Waals surface area (Å²) in [6.07, 6.45) is 0.305. The predicted octanol–water partition coefficient (Wildman–Crippen LogP) is 3.67. The van der Waals surface area contributed by atoms with Crippen molar-refractivity contribution >= 4 is 34.6 Å². The maximum atomic E-state index is 12.1. The second-order valence-electron chi connectivity index (χ2n) is 6.57. The van der Waals surface area contributed by atoms with Gasteiger partial charge in [0.05, 0.1) is 0 Å². The molecule has 0 aliphatic rings. The number of nitrogens with one attached hydrogen (secondary N) is 1. The molecular weight excluding hydrogens is 407 g/mol. The Morgan fingerprint density at radius 2 is 1.83 bits per heavy atom. The van der Waals surface area contributed by atoms with Gasteiger partial charge in [-0.3, -0.25) is 4.79 Å². The lowest BCUT2D eigenvalue weighted by atomic mass is 10.1. The molecule has 0 aliphatic heterocycles. The lowest BCUT2D eigenvalue weighted by Gasteiger charge is -2.25. The summed E-state index contributed by atoms with van der Waals surface area (Å²) in [5, 5.41) is 2.94. The van der Waals surface area contributed by atoms with Crippen molar-refractivity contribution in [3.63, 3.8) is 0 Å². The van der Waals surface area contributed by atoms with Crippen LogP contribution in [0.1, 0.15) is 44.5 Å². The quantitative estimate of drug-likeness (QED) is 0.723. The monoisotopic (exact) mass is 432 g/mol. The van der Waals surface area contributed by atoms with Crippen molar-refractivity contribution in [2.24, 2.45) is 0 Å². The Balaban J connectivity index is 2.41. The third-order valence-electron chi connectivity index (χ3n) is 3.09. The highest BCUT2D eigenvalue weighted by Gasteiger charge is 2.20. The van der Waals surface area contributed by atoms with E-state index in [4.69, 9.17) is 4.74 Å². The third-order valence-corrected chi connectivity index (χ3v) is 3.81. The number of carbonyl (C=O) groups is 2. The molecule has 0 radical (unpaired) electrons. The van der Waals surface area contributed by atoms with Gasteiger partial charge >= 0.3 is 6.09 Å². The van der Waals surface area contributed by atoms with E-state index in [0.29, 0.717) is 18.5 Å². The van der Waals surface area contributed by atoms with Crippen molar-refractivity contribution in [1.82, 2.24) is 10.2 Å². The van der Waals surface area contributed by atoms with Crippen LogP contribution < -0.4 is 5.32 Å². The molecule has 1 rings (SSSR count). The number of hydrogen-bond acceptors (Lipinski definition) is 3. The van der Waals surface area contributed by atoms with Gasteiger partial charge < -0.3 is 15.0 Å². The first kappa shape index (κ1) is 19.7. The minimum Gasteiger partial charge on any atom is -0.444 e. The molecule has 1 N–H and O–H groups in total. The summed E-state index contributed by atoms with van der Waals surface area (Å²) in [6, 6.07) is 7.37. The lowest BCUT2D eigenvalue weighted by Crippen LogP contribution is -2.38. The van der Waals surface area contributed by atoms with Crippen LogP contribution in [0.4, 0.5) is 4.79 Å². The molecule has 0 bridgehead atoms. The number of carbonyl (C=O) groups excluding carboxylic acids is 2. The average Bonchev–Trinajstić information content (AvgIpc) is 2.43. The number of nitrogens with zero attached hydrogens (tertiary/aromatic N) is 1. The van der Waals surface area contributed by atoms with Crippen LogP contribution in [0.3, 0.4) is 0 Å². The van der Waals surface area contributed by atoms with Crippen LogP contribution in [0.15, 0.2) is 24.3 Å². The number of hydrogen-bond donors (Lipinski definition) is 1. The van der Waals surface area contributed by atoms with E-state index < -0.39 is 5.60 Å². The summed E-state index contributed by atoms with van der Waals surface area (Å²) in [7, 11) is 1.70. The van der Waals surface area contributed by atoms with Gasteiger partial charge in [0, 0.05) is 28.8 Å². The van der Waals surface area contributed by atoms with E-state index in [-0.39, 0.29) is 18.0 Å². The first-order valence-electron chi connectivity index (χ1n) is 7.59. The molecule has 0 aliphatic carbocycles. The largest absolute Gasteiger partial charge is 0.444 e. The molecule has 1 atom stereocenters. The summed E-state index contributed by atoms with van der Waals surface area (Å²) in [4.78, 5) is 25.5. The Morgan fingerprint density at radius 1 is 1.26 bits per heavy atom. The number of benzene rings is 1. The highest BCUT2D eigenvalue weighted by Crippen LogP contribution is 2.10. The van der Waals surface area contributed by atoms with E-state index in [1.807, 2.05) is 39.8 Å². The van der Waals surface area contributed by atoms with Crippen molar-refractivity contribution in [1.29, 1.82) is 0 Å². The van der Waals surface area contributed by atoms with Crippen LogP contribution in [0.2, 0.25) is 0 Å². The first-order valence-corrected chi connectivity index (χ1v) is 8.67. The van der Waals surface area contributed by atoms with Gasteiger partial charge in [0.15, 0.2) is 0 Å². The molecule has 0 fully saturated rings. The standard InChI is InChI=1S/C17H25IN2O3/c1-12(10-11-20(5)16(22)23-17(2,3)4)19-15(21)13-6-8-14(18)9-7-13/h6-9,12H,10-11H2,1-5H3,(H,19,21)/t12-/m0/s1. The zero-order valence-corrected chi connectivity index (χ0v) is 16.5. The van der Waals surface area contributed by atoms with Crippen molar-refractivity contribution in [2.45, 2.75) is 45.8 Å². The van der Waals surface area contributed by atoms with Crippen LogP contribution in [-0.4, -0.2) is 42.1 Å². The zero-order valence-electron chi connectivity index (χ0n) is 14.4. The number of rotatable bonds is 5. The molecule has 0 heterocycles. The number of halogens is 1. The van der Waals surface area contributed by atoms with Crippen LogP contribution in [0, 0.1) is 3.57 Å². The van der Waals surface area contributed by atoms with Gasteiger partial charge in [0.25, 0.3) is 5.91 Å². The van der Waals surface area contributed by atoms with E-state index >= 15 is 0 Å². The fourth-order valence-electron chi connectivity index (χ4n) is 1.80. The van der Waals surface area contributed by atoms with Gasteiger partial charge in [-0.05, 0) is 81.0 Å². The highest BCUT2D eigenvalue weighted by molar-refractivity contribution is 14.1. The minimum atomic E-state index is -0.504. The highest BCUT2D eigenvalue weighted by atomic mass is 127. The molecule has 6 heteroatoms. The van der Waals surface area contributed by atoms with Crippen LogP contribution >= 0.6 is 22.6 Å². The van der Waals surface area contributed by atoms with E-state index in [2.05, 4.69) is 27.9 Å². The van der Waals surface area contributed by atoms with Gasteiger partial charge in [-0.25, -0.2) is 4.79 Å². The van der Waals surface area contributed by atoms with E-state index in [0.717, 1.165) is 3.57 Å². The molecule has 1 aromatic carbocycles. The summed E-state index contributed by atoms with van der Waals surface area (Å²) in [5.74, 6) is -0.103. The Labute approximate surface area is 151 Å². The molecule has 0 aromatic heterocycles. The molecule has 2 amide bonds. The SMILES string of the molecule is C[C@@H](CCN(C)C(=O)OC(C)(C)C)NC(=O)c1ccc(I)cc1. The molecule has 1 aromatic rings. The van der Waals surface area contributed by atoms with Crippen LogP contribution in [0.5, 0.6) is 0 Å². The summed E-state index contributed by atoms with van der Waals surface area (Å²) >= 11 is 2.20. The van der Waals surface area contributed by atoms with Gasteiger partial charge in [-0.1, -0.05) is 0 Å². The van der Waals surface area contributed by atoms with Gasteiger partial charge in [0.2, 0.25) is 0 Å². The van der Waals surface area contributed by atoms with Gasteiger partial charge in [-0.2, -0.15) is 0 Å². The molecule has 0 spiro atoms. The summed E-state index contributed by atoms with van der Waals surface area (Å²) in [5.41, 5.74) is 0.133. The lowest BCUT2D eigenvalue weighted by molar-refractivity contribution is 0.0294. The Kier molecular flexibility index (Phi) is 7.31. The Morgan fingerprint density at radius 3 is 2.35 bits per heavy atom. The average molecular weight is 432 g/mol. The molecular formula is C17H25IN2O3. The Bertz CT molecular complexity index is 538. The molecule has 23 heavy (non-hydrogen) atoms. The summed E-state index contributed by atoms with van der Waals surface area (Å²) in [6.45, 7) is 7.95. The topological polar surface area (TPSA) is 58.6 Å². The van der Waals surface area contributed by atoms with Crippen LogP contribution in [-0.2, 0) is 4.74 Å². The fraction of sp³-hybridized carbons (Fsp3) is 0.529. The molecule has 5 nitrogen and oxygen atoms in total. The number of amides is 2. The van der Waals surface area contributed by atoms with Crippen LogP contribution in [0.25, 0.3) is 0 Å². The zero-order chi connectivity index (χ0) is 17.6. The van der Waals surface area contributed by atoms with Gasteiger partial charge in [0.1, 0.15) is 5.60 Å². The second kappa shape index (κ2) is 8.52. The van der Waals surface area contributed by atoms with E-state index in [1.54, 1.807) is 19.2 Å². The molecule has 128 valence electrons. The van der Waals surface area contributed by atoms with Crippen molar-refractivity contribution < 1.29 is 14.3 Å². The van der Waals surface area contributed by atoms with Crippen molar-refractivity contribution in [3.05, 3.63) is 33.4 Å². The van der Waals surface area contributed by atoms with Crippen molar-refractivity contribution in [3.8, 4) is 0 Å². The van der Waals surface area contributed by atoms with E-state index in [9.17, 15) is 9.59 Å². The smallest absolute Gasteiger partial charge is 0.410 e. The maximum Gasteiger partial charge on any atom is 0.410 e. The summed E-state index contributed by atoms with van der Waals surface area (Å²) < 4.78 is 6.38. The normalized spacial score (nSPS) is 12.4. The maximum absolute atomic E-state index is 12.1. The van der Waals surface area contributed by atoms with E-state index in [1.165, 1.54) is 4.90 Å². The molecule has 0 unspecified atom stereocenters. The molecule has 0 saturated carbocycles. The first-order chi connectivity index (χ1) is 10.6. The minimum absolute atomic E-state index is 0.0355. The third kappa shape index (κ3) is 7.67. The number of ether oxygens (including phenoxy) is 1. The van der Waals surface area contributed by atoms with Crippen molar-refractivity contribution in [2.75, 3.05) is 13.6 Å². The second-order valence-corrected chi connectivity index (χ2v) is 7.82. The Hall–Kier alpha value is -1.31. The fourth-order valence-corrected chi connectivity index (χ4v) is 2.16. The molecule has 0 saturated heterocycles. The predicted molar refractivity (Wildman–Crippen MR) is 99.6 cm³/mol. The van der Waals surface area contributed by atoms with Gasteiger partial charge in [-0.15, -0.1) is 0 Å².